The van der Waals surface area contributed by atoms with E-state index in [2.05, 4.69) is 10.7 Å². The fourth-order valence-corrected chi connectivity index (χ4v) is 3.32. The number of anilines is 1. The van der Waals surface area contributed by atoms with Gasteiger partial charge >= 0.3 is 0 Å². The van der Waals surface area contributed by atoms with Gasteiger partial charge in [-0.1, -0.05) is 36.4 Å². The zero-order chi connectivity index (χ0) is 18.3. The highest BCUT2D eigenvalue weighted by Gasteiger charge is 2.33. The summed E-state index contributed by atoms with van der Waals surface area (Å²) >= 11 is 5.28. The molecule has 1 aliphatic heterocycles. The van der Waals surface area contributed by atoms with Gasteiger partial charge in [0.1, 0.15) is 0 Å². The highest BCUT2D eigenvalue weighted by molar-refractivity contribution is 7.80. The molecule has 26 heavy (non-hydrogen) atoms. The van der Waals surface area contributed by atoms with Gasteiger partial charge in [-0.3, -0.25) is 15.0 Å². The zero-order valence-corrected chi connectivity index (χ0v) is 14.8. The van der Waals surface area contributed by atoms with Crippen molar-refractivity contribution in [2.45, 2.75) is 6.92 Å². The van der Waals surface area contributed by atoms with Gasteiger partial charge in [-0.05, 0) is 54.4 Å². The van der Waals surface area contributed by atoms with E-state index in [1.54, 1.807) is 24.3 Å². The molecule has 1 heterocycles. The van der Waals surface area contributed by atoms with Gasteiger partial charge in [-0.25, -0.2) is 0 Å². The minimum atomic E-state index is -0.423. The third-order valence-corrected chi connectivity index (χ3v) is 4.45. The van der Waals surface area contributed by atoms with Crippen molar-refractivity contribution in [1.29, 1.82) is 0 Å². The van der Waals surface area contributed by atoms with Crippen LogP contribution in [0.2, 0.25) is 0 Å². The number of hydrazine groups is 1. The van der Waals surface area contributed by atoms with Crippen molar-refractivity contribution >= 4 is 45.6 Å². The van der Waals surface area contributed by atoms with Crippen LogP contribution in [0.1, 0.15) is 26.3 Å². The van der Waals surface area contributed by atoms with E-state index in [0.29, 0.717) is 16.5 Å². The smallest absolute Gasteiger partial charge is 0.280 e. The second kappa shape index (κ2) is 6.24. The number of thiocarbonyl (C=S) groups is 1. The molecule has 0 atom stereocenters. The first kappa shape index (κ1) is 16.2. The number of hydrogen-bond donors (Lipinski definition) is 2. The fraction of sp³-hybridized carbons (Fsp3) is 0.0500. The number of hydrogen-bond acceptors (Lipinski definition) is 3. The molecule has 0 unspecified atom stereocenters. The molecule has 0 radical (unpaired) electrons. The molecule has 6 heteroatoms. The number of carbonyl (C=O) groups excluding carboxylic acids is 2. The lowest BCUT2D eigenvalue weighted by Gasteiger charge is -2.28. The molecule has 2 N–H and O–H groups in total. The molecule has 128 valence electrons. The molecule has 2 amide bonds. The maximum atomic E-state index is 12.8. The summed E-state index contributed by atoms with van der Waals surface area (Å²) in [6.45, 7) is 1.97. The average molecular weight is 361 g/mol. The van der Waals surface area contributed by atoms with Crippen LogP contribution in [0.15, 0.2) is 60.7 Å². The highest BCUT2D eigenvalue weighted by atomic mass is 32.1. The predicted molar refractivity (Wildman–Crippen MR) is 105 cm³/mol. The van der Waals surface area contributed by atoms with E-state index in [4.69, 9.17) is 12.2 Å². The second-order valence-electron chi connectivity index (χ2n) is 6.09. The van der Waals surface area contributed by atoms with E-state index in [1.165, 1.54) is 0 Å². The Morgan fingerprint density at radius 1 is 0.923 bits per heavy atom. The van der Waals surface area contributed by atoms with Gasteiger partial charge in [0.25, 0.3) is 11.8 Å². The van der Waals surface area contributed by atoms with E-state index in [0.717, 1.165) is 21.6 Å². The number of aryl methyl sites for hydroxylation is 1. The van der Waals surface area contributed by atoms with Crippen LogP contribution in [0.25, 0.3) is 10.8 Å². The third kappa shape index (κ3) is 2.70. The molecule has 5 nitrogen and oxygen atoms in total. The number of imide groups is 1. The molecule has 3 aromatic rings. The summed E-state index contributed by atoms with van der Waals surface area (Å²) in [5.74, 6) is -0.847. The Morgan fingerprint density at radius 2 is 1.54 bits per heavy atom. The normalized spacial score (nSPS) is 13.0. The van der Waals surface area contributed by atoms with Crippen molar-refractivity contribution in [3.05, 3.63) is 77.4 Å². The Labute approximate surface area is 155 Å². The van der Waals surface area contributed by atoms with Crippen LogP contribution in [-0.2, 0) is 0 Å². The lowest BCUT2D eigenvalue weighted by molar-refractivity contribution is 0.0568. The van der Waals surface area contributed by atoms with Crippen LogP contribution in [0, 0.1) is 6.92 Å². The molecule has 3 aromatic carbocycles. The van der Waals surface area contributed by atoms with Crippen LogP contribution in [0.5, 0.6) is 0 Å². The van der Waals surface area contributed by atoms with Gasteiger partial charge in [0, 0.05) is 11.1 Å². The summed E-state index contributed by atoms with van der Waals surface area (Å²) in [6.07, 6.45) is 0. The molecular formula is C20H15N3O2S. The van der Waals surface area contributed by atoms with Gasteiger partial charge in [0.2, 0.25) is 0 Å². The Kier molecular flexibility index (Phi) is 3.89. The fourth-order valence-electron chi connectivity index (χ4n) is 3.12. The van der Waals surface area contributed by atoms with Crippen LogP contribution in [-0.4, -0.2) is 21.9 Å². The summed E-state index contributed by atoms with van der Waals surface area (Å²) in [5, 5.41) is 5.67. The van der Waals surface area contributed by atoms with E-state index in [-0.39, 0.29) is 5.11 Å². The molecule has 0 bridgehead atoms. The average Bonchev–Trinajstić information content (AvgIpc) is 2.63. The zero-order valence-electron chi connectivity index (χ0n) is 13.9. The van der Waals surface area contributed by atoms with Gasteiger partial charge in [0.15, 0.2) is 5.11 Å². The maximum absolute atomic E-state index is 12.8. The minimum Gasteiger partial charge on any atom is -0.331 e. The Hall–Kier alpha value is -3.25. The van der Waals surface area contributed by atoms with Crippen LogP contribution in [0.4, 0.5) is 5.69 Å². The SMILES string of the molecule is Cc1cccc(NC(=S)NN2C(=O)c3cccc4cccc(c34)C2=O)c1. The van der Waals surface area contributed by atoms with Gasteiger partial charge in [-0.2, -0.15) is 5.01 Å². The largest absolute Gasteiger partial charge is 0.331 e. The molecule has 0 saturated carbocycles. The number of benzene rings is 3. The Balaban J connectivity index is 1.63. The van der Waals surface area contributed by atoms with E-state index in [9.17, 15) is 9.59 Å². The molecule has 0 aromatic heterocycles. The topological polar surface area (TPSA) is 61.4 Å². The van der Waals surface area contributed by atoms with Crippen molar-refractivity contribution < 1.29 is 9.59 Å². The third-order valence-electron chi connectivity index (χ3n) is 4.26. The quantitative estimate of drug-likeness (QED) is 0.539. The number of carbonyl (C=O) groups is 2. The molecule has 1 aliphatic rings. The lowest BCUT2D eigenvalue weighted by Crippen LogP contribution is -2.52. The first-order valence-electron chi connectivity index (χ1n) is 8.09. The van der Waals surface area contributed by atoms with Crippen LogP contribution in [0.3, 0.4) is 0 Å². The van der Waals surface area contributed by atoms with Crippen LogP contribution >= 0.6 is 12.2 Å². The maximum Gasteiger partial charge on any atom is 0.280 e. The first-order chi connectivity index (χ1) is 12.5. The summed E-state index contributed by atoms with van der Waals surface area (Å²) < 4.78 is 0. The van der Waals surface area contributed by atoms with E-state index >= 15 is 0 Å². The Morgan fingerprint density at radius 3 is 2.15 bits per heavy atom. The molecule has 0 saturated heterocycles. The minimum absolute atomic E-state index is 0.170. The summed E-state index contributed by atoms with van der Waals surface area (Å²) in [5.41, 5.74) is 5.53. The van der Waals surface area contributed by atoms with Gasteiger partial charge in [0.05, 0.1) is 11.1 Å². The summed E-state index contributed by atoms with van der Waals surface area (Å²) in [6, 6.07) is 18.4. The summed E-state index contributed by atoms with van der Waals surface area (Å²) in [4.78, 5) is 25.6. The molecular weight excluding hydrogens is 346 g/mol. The molecule has 0 fully saturated rings. The second-order valence-corrected chi connectivity index (χ2v) is 6.50. The molecule has 0 spiro atoms. The number of amides is 2. The molecule has 0 aliphatic carbocycles. The van der Waals surface area contributed by atoms with Crippen molar-refractivity contribution in [2.24, 2.45) is 0 Å². The van der Waals surface area contributed by atoms with E-state index < -0.39 is 11.8 Å². The lowest BCUT2D eigenvalue weighted by atomic mass is 9.95. The van der Waals surface area contributed by atoms with Gasteiger partial charge < -0.3 is 5.32 Å². The first-order valence-corrected chi connectivity index (χ1v) is 8.50. The van der Waals surface area contributed by atoms with Crippen LogP contribution < -0.4 is 10.7 Å². The number of nitrogens with one attached hydrogen (secondary N) is 2. The van der Waals surface area contributed by atoms with Crippen molar-refractivity contribution in [3.8, 4) is 0 Å². The number of nitrogens with zero attached hydrogens (tertiary/aromatic N) is 1. The van der Waals surface area contributed by atoms with Gasteiger partial charge in [-0.15, -0.1) is 0 Å². The monoisotopic (exact) mass is 361 g/mol. The van der Waals surface area contributed by atoms with E-state index in [1.807, 2.05) is 43.3 Å². The number of rotatable bonds is 2. The van der Waals surface area contributed by atoms with Crippen molar-refractivity contribution in [3.63, 3.8) is 0 Å². The standard InChI is InChI=1S/C20H15N3O2S/c1-12-5-2-8-14(11-12)21-20(26)22-23-18(24)15-9-3-6-13-7-4-10-16(17(13)15)19(23)25/h2-11H,1H3,(H2,21,22,26). The summed E-state index contributed by atoms with van der Waals surface area (Å²) in [7, 11) is 0. The highest BCUT2D eigenvalue weighted by Crippen LogP contribution is 2.29. The predicted octanol–water partition coefficient (Wildman–Crippen LogP) is 3.65. The Bertz CT molecular complexity index is 1030. The molecule has 4 rings (SSSR count). The van der Waals surface area contributed by atoms with Crippen molar-refractivity contribution in [2.75, 3.05) is 5.32 Å². The van der Waals surface area contributed by atoms with Crippen molar-refractivity contribution in [1.82, 2.24) is 10.4 Å².